The third kappa shape index (κ3) is 5.04. The Morgan fingerprint density at radius 3 is 2.43 bits per heavy atom. The van der Waals surface area contributed by atoms with Crippen LogP contribution in [-0.2, 0) is 11.3 Å². The summed E-state index contributed by atoms with van der Waals surface area (Å²) in [5, 5.41) is 4.38. The van der Waals surface area contributed by atoms with Crippen molar-refractivity contribution in [3.05, 3.63) is 18.0 Å². The summed E-state index contributed by atoms with van der Waals surface area (Å²) < 4.78 is 7.37. The number of aryl methyl sites for hydroxylation is 1. The molecule has 1 aliphatic heterocycles. The highest BCUT2D eigenvalue weighted by atomic mass is 16.6. The SMILES string of the molecule is Cc1ccn(CCN2CCN(C(=O)OC(C)(C)C)CC2)n1. The molecular weight excluding hydrogens is 268 g/mol. The first-order valence-electron chi connectivity index (χ1n) is 7.54. The van der Waals surface area contributed by atoms with Crippen LogP contribution in [-0.4, -0.2) is 64.0 Å². The molecule has 0 aromatic carbocycles. The van der Waals surface area contributed by atoms with E-state index in [2.05, 4.69) is 10.00 Å². The van der Waals surface area contributed by atoms with Gasteiger partial charge in [0, 0.05) is 38.9 Å². The molecule has 0 saturated carbocycles. The van der Waals surface area contributed by atoms with E-state index in [1.807, 2.05) is 44.6 Å². The van der Waals surface area contributed by atoms with Gasteiger partial charge in [-0.2, -0.15) is 5.10 Å². The topological polar surface area (TPSA) is 50.6 Å². The third-order valence-electron chi connectivity index (χ3n) is 3.44. The summed E-state index contributed by atoms with van der Waals surface area (Å²) >= 11 is 0. The summed E-state index contributed by atoms with van der Waals surface area (Å²) in [6.07, 6.45) is 1.80. The Labute approximate surface area is 126 Å². The molecule has 0 spiro atoms. The van der Waals surface area contributed by atoms with Gasteiger partial charge in [-0.25, -0.2) is 4.79 Å². The maximum absolute atomic E-state index is 12.0. The Bertz CT molecular complexity index is 470. The second-order valence-electron chi connectivity index (χ2n) is 6.53. The van der Waals surface area contributed by atoms with Crippen LogP contribution >= 0.6 is 0 Å². The molecule has 0 unspecified atom stereocenters. The van der Waals surface area contributed by atoms with E-state index < -0.39 is 5.60 Å². The van der Waals surface area contributed by atoms with Gasteiger partial charge in [-0.15, -0.1) is 0 Å². The fourth-order valence-corrected chi connectivity index (χ4v) is 2.31. The maximum Gasteiger partial charge on any atom is 0.410 e. The number of carbonyl (C=O) groups is 1. The van der Waals surface area contributed by atoms with Crippen LogP contribution < -0.4 is 0 Å². The highest BCUT2D eigenvalue weighted by molar-refractivity contribution is 5.68. The normalized spacial score (nSPS) is 17.0. The number of hydrogen-bond donors (Lipinski definition) is 0. The highest BCUT2D eigenvalue weighted by Gasteiger charge is 2.25. The molecule has 0 atom stereocenters. The predicted octanol–water partition coefficient (Wildman–Crippen LogP) is 1.74. The van der Waals surface area contributed by atoms with Crippen molar-refractivity contribution in [2.24, 2.45) is 0 Å². The molecule has 6 nitrogen and oxygen atoms in total. The lowest BCUT2D eigenvalue weighted by molar-refractivity contribution is 0.0142. The molecule has 1 fully saturated rings. The predicted molar refractivity (Wildman–Crippen MR) is 81.2 cm³/mol. The number of aromatic nitrogens is 2. The molecule has 0 N–H and O–H groups in total. The maximum atomic E-state index is 12.0. The van der Waals surface area contributed by atoms with Gasteiger partial charge in [-0.05, 0) is 33.8 Å². The smallest absolute Gasteiger partial charge is 0.410 e. The number of ether oxygens (including phenoxy) is 1. The van der Waals surface area contributed by atoms with Gasteiger partial charge in [0.2, 0.25) is 0 Å². The summed E-state index contributed by atoms with van der Waals surface area (Å²) in [5.74, 6) is 0. The molecule has 0 radical (unpaired) electrons. The van der Waals surface area contributed by atoms with Crippen molar-refractivity contribution in [1.82, 2.24) is 19.6 Å². The van der Waals surface area contributed by atoms with Gasteiger partial charge >= 0.3 is 6.09 Å². The molecule has 0 bridgehead atoms. The van der Waals surface area contributed by atoms with E-state index in [1.165, 1.54) is 0 Å². The van der Waals surface area contributed by atoms with Gasteiger partial charge in [0.05, 0.1) is 12.2 Å². The molecular formula is C15H26N4O2. The quantitative estimate of drug-likeness (QED) is 0.852. The lowest BCUT2D eigenvalue weighted by Crippen LogP contribution is -2.50. The second-order valence-corrected chi connectivity index (χ2v) is 6.53. The molecule has 2 heterocycles. The molecule has 118 valence electrons. The molecule has 1 saturated heterocycles. The van der Waals surface area contributed by atoms with Gasteiger partial charge < -0.3 is 9.64 Å². The molecule has 1 aliphatic rings. The van der Waals surface area contributed by atoms with Crippen LogP contribution in [0.4, 0.5) is 4.79 Å². The minimum atomic E-state index is -0.424. The molecule has 6 heteroatoms. The fourth-order valence-electron chi connectivity index (χ4n) is 2.31. The highest BCUT2D eigenvalue weighted by Crippen LogP contribution is 2.11. The molecule has 1 aromatic heterocycles. The van der Waals surface area contributed by atoms with Gasteiger partial charge in [0.25, 0.3) is 0 Å². The number of piperazine rings is 1. The molecule has 2 rings (SSSR count). The molecule has 1 amide bonds. The van der Waals surface area contributed by atoms with E-state index in [0.717, 1.165) is 45.0 Å². The Kier molecular flexibility index (Phi) is 4.88. The largest absolute Gasteiger partial charge is 0.444 e. The van der Waals surface area contributed by atoms with Gasteiger partial charge in [0.15, 0.2) is 0 Å². The van der Waals surface area contributed by atoms with E-state index in [4.69, 9.17) is 4.74 Å². The monoisotopic (exact) mass is 294 g/mol. The zero-order valence-corrected chi connectivity index (χ0v) is 13.5. The minimum Gasteiger partial charge on any atom is -0.444 e. The summed E-state index contributed by atoms with van der Waals surface area (Å²) in [7, 11) is 0. The van der Waals surface area contributed by atoms with Crippen molar-refractivity contribution in [2.75, 3.05) is 32.7 Å². The van der Waals surface area contributed by atoms with Crippen molar-refractivity contribution in [2.45, 2.75) is 39.8 Å². The fraction of sp³-hybridized carbons (Fsp3) is 0.733. The lowest BCUT2D eigenvalue weighted by Gasteiger charge is -2.35. The first-order valence-corrected chi connectivity index (χ1v) is 7.54. The first-order chi connectivity index (χ1) is 9.83. The number of hydrogen-bond acceptors (Lipinski definition) is 4. The lowest BCUT2D eigenvalue weighted by atomic mass is 10.2. The number of carbonyl (C=O) groups excluding carboxylic acids is 1. The number of nitrogens with zero attached hydrogens (tertiary/aromatic N) is 4. The summed E-state index contributed by atoms with van der Waals surface area (Å²) in [6, 6.07) is 2.01. The third-order valence-corrected chi connectivity index (χ3v) is 3.44. The van der Waals surface area contributed by atoms with Crippen LogP contribution in [0.2, 0.25) is 0 Å². The Balaban J connectivity index is 1.72. The van der Waals surface area contributed by atoms with Crippen LogP contribution in [0, 0.1) is 6.92 Å². The molecule has 21 heavy (non-hydrogen) atoms. The molecule has 1 aromatic rings. The summed E-state index contributed by atoms with van der Waals surface area (Å²) in [5.41, 5.74) is 0.622. The second kappa shape index (κ2) is 6.47. The van der Waals surface area contributed by atoms with Crippen LogP contribution in [0.1, 0.15) is 26.5 Å². The van der Waals surface area contributed by atoms with Gasteiger partial charge in [-0.1, -0.05) is 0 Å². The summed E-state index contributed by atoms with van der Waals surface area (Å²) in [4.78, 5) is 16.1. The van der Waals surface area contributed by atoms with Crippen LogP contribution in [0.3, 0.4) is 0 Å². The van der Waals surface area contributed by atoms with Crippen LogP contribution in [0.25, 0.3) is 0 Å². The van der Waals surface area contributed by atoms with Crippen molar-refractivity contribution in [3.63, 3.8) is 0 Å². The Hall–Kier alpha value is -1.56. The minimum absolute atomic E-state index is 0.204. The first kappa shape index (κ1) is 15.8. The van der Waals surface area contributed by atoms with Crippen molar-refractivity contribution >= 4 is 6.09 Å². The average molecular weight is 294 g/mol. The Morgan fingerprint density at radius 1 is 1.24 bits per heavy atom. The van der Waals surface area contributed by atoms with Crippen LogP contribution in [0.15, 0.2) is 12.3 Å². The van der Waals surface area contributed by atoms with Crippen LogP contribution in [0.5, 0.6) is 0 Å². The van der Waals surface area contributed by atoms with E-state index >= 15 is 0 Å². The average Bonchev–Trinajstić information content (AvgIpc) is 2.81. The van der Waals surface area contributed by atoms with E-state index in [9.17, 15) is 4.79 Å². The number of amides is 1. The van der Waals surface area contributed by atoms with E-state index in [0.29, 0.717) is 0 Å². The zero-order chi connectivity index (χ0) is 15.5. The van der Waals surface area contributed by atoms with E-state index in [-0.39, 0.29) is 6.09 Å². The molecule has 0 aliphatic carbocycles. The Morgan fingerprint density at radius 2 is 1.90 bits per heavy atom. The van der Waals surface area contributed by atoms with Crippen molar-refractivity contribution in [1.29, 1.82) is 0 Å². The van der Waals surface area contributed by atoms with Crippen molar-refractivity contribution in [3.8, 4) is 0 Å². The summed E-state index contributed by atoms with van der Waals surface area (Å²) in [6.45, 7) is 12.8. The standard InChI is InChI=1S/C15H26N4O2/c1-13-5-6-19(16-13)12-9-17-7-10-18(11-8-17)14(20)21-15(2,3)4/h5-6H,7-12H2,1-4H3. The van der Waals surface area contributed by atoms with Crippen molar-refractivity contribution < 1.29 is 9.53 Å². The van der Waals surface area contributed by atoms with Gasteiger partial charge in [0.1, 0.15) is 5.60 Å². The van der Waals surface area contributed by atoms with Gasteiger partial charge in [-0.3, -0.25) is 9.58 Å². The number of rotatable bonds is 3. The zero-order valence-electron chi connectivity index (χ0n) is 13.5. The van der Waals surface area contributed by atoms with E-state index in [1.54, 1.807) is 4.90 Å².